The van der Waals surface area contributed by atoms with Crippen molar-refractivity contribution in [3.63, 3.8) is 0 Å². The van der Waals surface area contributed by atoms with Gasteiger partial charge in [-0.2, -0.15) is 5.10 Å². The zero-order valence-electron chi connectivity index (χ0n) is 13.3. The molecule has 0 saturated carbocycles. The molecule has 1 aromatic heterocycles. The van der Waals surface area contributed by atoms with Crippen molar-refractivity contribution in [3.05, 3.63) is 47.7 Å². The van der Waals surface area contributed by atoms with Gasteiger partial charge in [-0.3, -0.25) is 0 Å². The molecular formula is C16H22N6O. The van der Waals surface area contributed by atoms with Crippen LogP contribution in [0.15, 0.2) is 41.6 Å². The fourth-order valence-electron chi connectivity index (χ4n) is 2.26. The van der Waals surface area contributed by atoms with Crippen molar-refractivity contribution in [2.75, 3.05) is 12.4 Å². The third kappa shape index (κ3) is 4.33. The summed E-state index contributed by atoms with van der Waals surface area (Å²) in [7, 11) is 1.63. The third-order valence-corrected chi connectivity index (χ3v) is 3.63. The number of methoxy groups -OCH3 is 1. The number of aromatic nitrogens is 1. The highest BCUT2D eigenvalue weighted by molar-refractivity contribution is 5.81. The summed E-state index contributed by atoms with van der Waals surface area (Å²) in [4.78, 5) is 4.30. The van der Waals surface area contributed by atoms with Crippen LogP contribution in [0.3, 0.4) is 0 Å². The molecule has 0 unspecified atom stereocenters. The lowest BCUT2D eigenvalue weighted by Crippen LogP contribution is -2.31. The van der Waals surface area contributed by atoms with E-state index in [1.807, 2.05) is 24.3 Å². The van der Waals surface area contributed by atoms with Crippen molar-refractivity contribution in [2.24, 2.45) is 16.8 Å². The van der Waals surface area contributed by atoms with Crippen LogP contribution in [-0.4, -0.2) is 17.9 Å². The Morgan fingerprint density at radius 3 is 2.87 bits per heavy atom. The Kier molecular flexibility index (Phi) is 5.76. The maximum Gasteiger partial charge on any atom is 0.136 e. The van der Waals surface area contributed by atoms with E-state index in [1.54, 1.807) is 13.3 Å². The van der Waals surface area contributed by atoms with E-state index in [2.05, 4.69) is 33.8 Å². The highest BCUT2D eigenvalue weighted by Crippen LogP contribution is 2.24. The molecule has 0 aliphatic carbocycles. The molecule has 7 heteroatoms. The average molecular weight is 314 g/mol. The molecule has 0 bridgehead atoms. The maximum absolute atomic E-state index is 5.35. The summed E-state index contributed by atoms with van der Waals surface area (Å²) in [6.07, 6.45) is 3.14. The Morgan fingerprint density at radius 2 is 2.17 bits per heavy atom. The van der Waals surface area contributed by atoms with Crippen LogP contribution in [0, 0.1) is 6.92 Å². The van der Waals surface area contributed by atoms with Crippen LogP contribution in [0.2, 0.25) is 0 Å². The topological polar surface area (TPSA) is 111 Å². The Balaban J connectivity index is 2.15. The summed E-state index contributed by atoms with van der Waals surface area (Å²) >= 11 is 0. The largest absolute Gasteiger partial charge is 0.497 e. The van der Waals surface area contributed by atoms with E-state index >= 15 is 0 Å². The van der Waals surface area contributed by atoms with E-state index in [4.69, 9.17) is 16.4 Å². The molecule has 0 aliphatic rings. The van der Waals surface area contributed by atoms with E-state index < -0.39 is 0 Å². The Morgan fingerprint density at radius 1 is 1.35 bits per heavy atom. The van der Waals surface area contributed by atoms with Crippen LogP contribution >= 0.6 is 0 Å². The lowest BCUT2D eigenvalue weighted by atomic mass is 10.0. The number of hydrogen-bond donors (Lipinski definition) is 4. The predicted octanol–water partition coefficient (Wildman–Crippen LogP) is 1.81. The standard InChI is InChI=1S/C16H22N6O/c1-11-12(6-7-15(21-17)22-18)4-3-5-14(11)20-16-10-13(23-2)8-9-19-16/h3-5,8-10H,6-7,17-18H2,1-2H3,(H,19,20)(H,21,22). The quantitative estimate of drug-likeness (QED) is 0.280. The first-order chi connectivity index (χ1) is 11.2. The third-order valence-electron chi connectivity index (χ3n) is 3.63. The van der Waals surface area contributed by atoms with Crippen molar-refractivity contribution in [2.45, 2.75) is 19.8 Å². The number of nitrogens with zero attached hydrogens (tertiary/aromatic N) is 2. The minimum absolute atomic E-state index is 0.567. The molecule has 6 N–H and O–H groups in total. The molecule has 0 saturated heterocycles. The van der Waals surface area contributed by atoms with Gasteiger partial charge in [-0.15, -0.1) is 0 Å². The monoisotopic (exact) mass is 314 g/mol. The number of rotatable bonds is 6. The molecule has 0 atom stereocenters. The summed E-state index contributed by atoms with van der Waals surface area (Å²) in [6, 6.07) is 9.74. The number of anilines is 2. The first-order valence-corrected chi connectivity index (χ1v) is 7.27. The Labute approximate surface area is 135 Å². The fourth-order valence-corrected chi connectivity index (χ4v) is 2.26. The summed E-state index contributed by atoms with van der Waals surface area (Å²) in [6.45, 7) is 2.06. The molecule has 7 nitrogen and oxygen atoms in total. The molecule has 2 rings (SSSR count). The first-order valence-electron chi connectivity index (χ1n) is 7.27. The van der Waals surface area contributed by atoms with Crippen LogP contribution in [0.25, 0.3) is 0 Å². The smallest absolute Gasteiger partial charge is 0.136 e. The predicted molar refractivity (Wildman–Crippen MR) is 92.5 cm³/mol. The molecule has 122 valence electrons. The normalized spacial score (nSPS) is 11.2. The molecule has 1 heterocycles. The zero-order valence-corrected chi connectivity index (χ0v) is 13.3. The van der Waals surface area contributed by atoms with Crippen LogP contribution in [0.4, 0.5) is 11.5 Å². The van der Waals surface area contributed by atoms with Crippen molar-refractivity contribution in [1.29, 1.82) is 0 Å². The first kappa shape index (κ1) is 16.6. The zero-order chi connectivity index (χ0) is 16.7. The van der Waals surface area contributed by atoms with Gasteiger partial charge in [0.1, 0.15) is 17.4 Å². The Bertz CT molecular complexity index is 686. The van der Waals surface area contributed by atoms with E-state index in [1.165, 1.54) is 5.56 Å². The lowest BCUT2D eigenvalue weighted by Gasteiger charge is -2.13. The molecule has 0 aliphatic heterocycles. The second-order valence-corrected chi connectivity index (χ2v) is 5.02. The number of hydrogen-bond acceptors (Lipinski definition) is 6. The second-order valence-electron chi connectivity index (χ2n) is 5.02. The van der Waals surface area contributed by atoms with E-state index in [0.717, 1.165) is 29.2 Å². The van der Waals surface area contributed by atoms with Gasteiger partial charge >= 0.3 is 0 Å². The molecule has 0 spiro atoms. The van der Waals surface area contributed by atoms with Crippen LogP contribution < -0.4 is 27.2 Å². The maximum atomic E-state index is 5.35. The van der Waals surface area contributed by atoms with Crippen LogP contribution in [0.5, 0.6) is 5.75 Å². The van der Waals surface area contributed by atoms with E-state index in [-0.39, 0.29) is 0 Å². The summed E-state index contributed by atoms with van der Waals surface area (Å²) in [5.74, 6) is 12.7. The number of benzene rings is 1. The molecule has 1 aromatic carbocycles. The molecular weight excluding hydrogens is 292 g/mol. The Hall–Kier alpha value is -2.80. The summed E-state index contributed by atoms with van der Waals surface area (Å²) in [5, 5.41) is 6.92. The van der Waals surface area contributed by atoms with Gasteiger partial charge < -0.3 is 21.3 Å². The highest BCUT2D eigenvalue weighted by atomic mass is 16.5. The lowest BCUT2D eigenvalue weighted by molar-refractivity contribution is 0.414. The molecule has 0 radical (unpaired) electrons. The van der Waals surface area contributed by atoms with Crippen LogP contribution in [-0.2, 0) is 6.42 Å². The van der Waals surface area contributed by atoms with Gasteiger partial charge in [-0.05, 0) is 36.6 Å². The number of ether oxygens (including phenoxy) is 1. The number of nitrogens with one attached hydrogen (secondary N) is 2. The van der Waals surface area contributed by atoms with Gasteiger partial charge in [0.2, 0.25) is 0 Å². The minimum Gasteiger partial charge on any atom is -0.497 e. The van der Waals surface area contributed by atoms with E-state index in [9.17, 15) is 0 Å². The van der Waals surface area contributed by atoms with Gasteiger partial charge in [-0.1, -0.05) is 12.1 Å². The van der Waals surface area contributed by atoms with Gasteiger partial charge in [-0.25, -0.2) is 10.8 Å². The van der Waals surface area contributed by atoms with E-state index in [0.29, 0.717) is 12.3 Å². The number of hydrazine groups is 1. The van der Waals surface area contributed by atoms with Gasteiger partial charge in [0, 0.05) is 24.4 Å². The fraction of sp³-hybridized carbons (Fsp3) is 0.250. The van der Waals surface area contributed by atoms with Crippen molar-refractivity contribution in [3.8, 4) is 5.75 Å². The minimum atomic E-state index is 0.567. The van der Waals surface area contributed by atoms with Gasteiger partial charge in [0.25, 0.3) is 0 Å². The second kappa shape index (κ2) is 8.00. The number of amidine groups is 1. The summed E-state index contributed by atoms with van der Waals surface area (Å²) in [5.41, 5.74) is 5.82. The molecule has 2 aromatic rings. The number of hydrazone groups is 1. The van der Waals surface area contributed by atoms with Gasteiger partial charge in [0.15, 0.2) is 0 Å². The summed E-state index contributed by atoms with van der Waals surface area (Å²) < 4.78 is 5.21. The molecule has 23 heavy (non-hydrogen) atoms. The van der Waals surface area contributed by atoms with Crippen LogP contribution in [0.1, 0.15) is 17.5 Å². The van der Waals surface area contributed by atoms with Crippen molar-refractivity contribution >= 4 is 17.3 Å². The number of aryl methyl sites for hydroxylation is 1. The molecule has 0 fully saturated rings. The molecule has 0 amide bonds. The van der Waals surface area contributed by atoms with Crippen molar-refractivity contribution in [1.82, 2.24) is 10.4 Å². The van der Waals surface area contributed by atoms with Gasteiger partial charge in [0.05, 0.1) is 7.11 Å². The number of nitrogens with two attached hydrogens (primary N) is 2. The van der Waals surface area contributed by atoms with Crippen molar-refractivity contribution < 1.29 is 4.74 Å². The number of pyridine rings is 1. The highest BCUT2D eigenvalue weighted by Gasteiger charge is 2.07. The average Bonchev–Trinajstić information content (AvgIpc) is 2.59. The SMILES string of the molecule is COc1ccnc(Nc2cccc(CC/C(=N/N)NN)c2C)c1.